The highest BCUT2D eigenvalue weighted by Crippen LogP contribution is 2.19. The van der Waals surface area contributed by atoms with Crippen molar-refractivity contribution in [1.82, 2.24) is 20.0 Å². The molecule has 0 fully saturated rings. The molecule has 7 nitrogen and oxygen atoms in total. The normalized spacial score (nSPS) is 11.1. The Morgan fingerprint density at radius 2 is 1.96 bits per heavy atom. The van der Waals surface area contributed by atoms with Gasteiger partial charge in [-0.1, -0.05) is 26.0 Å². The van der Waals surface area contributed by atoms with Gasteiger partial charge in [0.1, 0.15) is 5.69 Å². The number of amides is 1. The van der Waals surface area contributed by atoms with Gasteiger partial charge in [0.25, 0.3) is 5.89 Å². The number of hydrogen-bond acceptors (Lipinski definition) is 5. The zero-order valence-corrected chi connectivity index (χ0v) is 15.5. The van der Waals surface area contributed by atoms with Gasteiger partial charge in [-0.2, -0.15) is 5.10 Å². The molecule has 0 spiro atoms. The molecule has 0 bridgehead atoms. The molecule has 0 saturated heterocycles. The fourth-order valence-electron chi connectivity index (χ4n) is 2.66. The Labute approximate surface area is 152 Å². The van der Waals surface area contributed by atoms with Crippen molar-refractivity contribution < 1.29 is 9.21 Å². The Morgan fingerprint density at radius 1 is 1.23 bits per heavy atom. The van der Waals surface area contributed by atoms with Gasteiger partial charge < -0.3 is 9.73 Å². The lowest BCUT2D eigenvalue weighted by atomic mass is 10.0. The van der Waals surface area contributed by atoms with E-state index in [-0.39, 0.29) is 12.3 Å². The summed E-state index contributed by atoms with van der Waals surface area (Å²) < 4.78 is 7.34. The van der Waals surface area contributed by atoms with Crippen molar-refractivity contribution in [3.05, 3.63) is 47.5 Å². The smallest absolute Gasteiger partial charge is 0.265 e. The van der Waals surface area contributed by atoms with E-state index in [1.54, 1.807) is 4.68 Å². The van der Waals surface area contributed by atoms with Crippen LogP contribution < -0.4 is 5.32 Å². The molecule has 1 aromatic carbocycles. The maximum Gasteiger partial charge on any atom is 0.265 e. The van der Waals surface area contributed by atoms with E-state index in [9.17, 15) is 4.79 Å². The van der Waals surface area contributed by atoms with Crippen LogP contribution in [0, 0.1) is 6.92 Å². The second kappa shape index (κ2) is 7.51. The zero-order valence-electron chi connectivity index (χ0n) is 15.5. The van der Waals surface area contributed by atoms with Gasteiger partial charge in [0.2, 0.25) is 11.8 Å². The van der Waals surface area contributed by atoms with Crippen LogP contribution in [-0.2, 0) is 18.3 Å². The van der Waals surface area contributed by atoms with Crippen LogP contribution in [0.5, 0.6) is 0 Å². The summed E-state index contributed by atoms with van der Waals surface area (Å²) >= 11 is 0. The Bertz CT molecular complexity index is 893. The first kappa shape index (κ1) is 17.8. The van der Waals surface area contributed by atoms with Gasteiger partial charge in [0.05, 0.1) is 5.69 Å². The quantitative estimate of drug-likeness (QED) is 0.733. The summed E-state index contributed by atoms with van der Waals surface area (Å²) in [6.07, 6.45) is 0.664. The van der Waals surface area contributed by atoms with E-state index < -0.39 is 0 Å². The molecular formula is C19H23N5O2. The minimum atomic E-state index is -0.0848. The average Bonchev–Trinajstić information content (AvgIpc) is 3.19. The second-order valence-electron chi connectivity index (χ2n) is 6.62. The third-order valence-corrected chi connectivity index (χ3v) is 4.11. The second-order valence-corrected chi connectivity index (χ2v) is 6.62. The third kappa shape index (κ3) is 4.17. The Balaban J connectivity index is 1.55. The number of aromatic nitrogens is 4. The highest BCUT2D eigenvalue weighted by Gasteiger charge is 2.14. The van der Waals surface area contributed by atoms with Crippen LogP contribution in [0.2, 0.25) is 0 Å². The molecule has 1 N–H and O–H groups in total. The van der Waals surface area contributed by atoms with Gasteiger partial charge in [-0.15, -0.1) is 10.2 Å². The van der Waals surface area contributed by atoms with E-state index in [4.69, 9.17) is 4.42 Å². The van der Waals surface area contributed by atoms with Gasteiger partial charge >= 0.3 is 0 Å². The number of aryl methyl sites for hydroxylation is 3. The third-order valence-electron chi connectivity index (χ3n) is 4.11. The number of carbonyl (C=O) groups is 1. The fraction of sp³-hybridized carbons (Fsp3) is 0.368. The summed E-state index contributed by atoms with van der Waals surface area (Å²) in [6, 6.07) is 9.78. The number of hydrogen-bond donors (Lipinski definition) is 1. The predicted octanol–water partition coefficient (Wildman–Crippen LogP) is 3.47. The summed E-state index contributed by atoms with van der Waals surface area (Å²) in [6.45, 7) is 6.18. The molecule has 1 amide bonds. The molecule has 2 heterocycles. The molecule has 7 heteroatoms. The van der Waals surface area contributed by atoms with E-state index in [1.807, 2.05) is 44.3 Å². The van der Waals surface area contributed by atoms with Crippen molar-refractivity contribution in [2.45, 2.75) is 39.5 Å². The Morgan fingerprint density at radius 3 is 2.58 bits per heavy atom. The zero-order chi connectivity index (χ0) is 18.7. The number of anilines is 1. The molecule has 3 aromatic rings. The first-order valence-corrected chi connectivity index (χ1v) is 8.65. The highest BCUT2D eigenvalue weighted by molar-refractivity contribution is 5.90. The molecule has 3 rings (SSSR count). The van der Waals surface area contributed by atoms with Crippen LogP contribution in [-0.4, -0.2) is 25.9 Å². The van der Waals surface area contributed by atoms with Crippen LogP contribution in [0.1, 0.15) is 43.3 Å². The minimum Gasteiger partial charge on any atom is -0.419 e. The summed E-state index contributed by atoms with van der Waals surface area (Å²) in [4.78, 5) is 12.1. The molecule has 0 aliphatic rings. The van der Waals surface area contributed by atoms with E-state index >= 15 is 0 Å². The molecule has 136 valence electrons. The number of benzene rings is 1. The molecule has 0 aliphatic heterocycles. The number of rotatable bonds is 6. The van der Waals surface area contributed by atoms with Crippen LogP contribution in [0.4, 0.5) is 5.69 Å². The number of nitrogens with zero attached hydrogens (tertiary/aromatic N) is 4. The number of carbonyl (C=O) groups excluding carboxylic acids is 1. The van der Waals surface area contributed by atoms with Crippen LogP contribution in [0.25, 0.3) is 11.6 Å². The van der Waals surface area contributed by atoms with Gasteiger partial charge in [0.15, 0.2) is 0 Å². The molecule has 0 unspecified atom stereocenters. The van der Waals surface area contributed by atoms with Crippen LogP contribution in [0.15, 0.2) is 34.7 Å². The Kier molecular flexibility index (Phi) is 5.16. The summed E-state index contributed by atoms with van der Waals surface area (Å²) in [7, 11) is 1.82. The number of nitrogens with one attached hydrogen (secondary N) is 1. The van der Waals surface area contributed by atoms with E-state index in [0.717, 1.165) is 17.1 Å². The molecule has 2 aromatic heterocycles. The van der Waals surface area contributed by atoms with E-state index in [0.29, 0.717) is 24.1 Å². The largest absolute Gasteiger partial charge is 0.419 e. The van der Waals surface area contributed by atoms with Crippen LogP contribution >= 0.6 is 0 Å². The van der Waals surface area contributed by atoms with E-state index in [2.05, 4.69) is 34.5 Å². The lowest BCUT2D eigenvalue weighted by molar-refractivity contribution is -0.116. The first-order chi connectivity index (χ1) is 12.4. The molecule has 0 radical (unpaired) electrons. The summed E-state index contributed by atoms with van der Waals surface area (Å²) in [5.41, 5.74) is 3.67. The first-order valence-electron chi connectivity index (χ1n) is 8.65. The Hall–Kier alpha value is -2.96. The maximum atomic E-state index is 12.1. The standard InChI is InChI=1S/C19H23N5O2/c1-12(2)14-5-7-15(8-6-14)20-17(25)9-10-18-21-22-19(26-18)16-11-13(3)23-24(16)4/h5-8,11-12H,9-10H2,1-4H3,(H,20,25). The van der Waals surface area contributed by atoms with E-state index in [1.165, 1.54) is 5.56 Å². The maximum absolute atomic E-state index is 12.1. The van der Waals surface area contributed by atoms with Crippen molar-refractivity contribution in [1.29, 1.82) is 0 Å². The minimum absolute atomic E-state index is 0.0848. The predicted molar refractivity (Wildman–Crippen MR) is 98.7 cm³/mol. The topological polar surface area (TPSA) is 85.8 Å². The molecule has 26 heavy (non-hydrogen) atoms. The monoisotopic (exact) mass is 353 g/mol. The summed E-state index contributed by atoms with van der Waals surface area (Å²) in [5.74, 6) is 1.23. The molecule has 0 saturated carbocycles. The van der Waals surface area contributed by atoms with Gasteiger partial charge in [0, 0.05) is 25.6 Å². The van der Waals surface area contributed by atoms with Gasteiger partial charge in [-0.05, 0) is 36.6 Å². The van der Waals surface area contributed by atoms with Crippen molar-refractivity contribution in [3.63, 3.8) is 0 Å². The van der Waals surface area contributed by atoms with Crippen molar-refractivity contribution in [2.75, 3.05) is 5.32 Å². The molecule has 0 aliphatic carbocycles. The average molecular weight is 353 g/mol. The van der Waals surface area contributed by atoms with Gasteiger partial charge in [-0.3, -0.25) is 9.48 Å². The lowest BCUT2D eigenvalue weighted by Crippen LogP contribution is -2.12. The highest BCUT2D eigenvalue weighted by atomic mass is 16.4. The van der Waals surface area contributed by atoms with Crippen molar-refractivity contribution in [3.8, 4) is 11.6 Å². The SMILES string of the molecule is Cc1cc(-c2nnc(CCC(=O)Nc3ccc(C(C)C)cc3)o2)n(C)n1. The summed E-state index contributed by atoms with van der Waals surface area (Å²) in [5, 5.41) is 15.2. The van der Waals surface area contributed by atoms with Crippen molar-refractivity contribution >= 4 is 11.6 Å². The van der Waals surface area contributed by atoms with Crippen LogP contribution in [0.3, 0.4) is 0 Å². The molecule has 0 atom stereocenters. The van der Waals surface area contributed by atoms with Crippen molar-refractivity contribution in [2.24, 2.45) is 7.05 Å². The van der Waals surface area contributed by atoms with Gasteiger partial charge in [-0.25, -0.2) is 0 Å². The fourth-order valence-corrected chi connectivity index (χ4v) is 2.66. The molecular weight excluding hydrogens is 330 g/mol. The lowest BCUT2D eigenvalue weighted by Gasteiger charge is -2.08.